The summed E-state index contributed by atoms with van der Waals surface area (Å²) in [4.78, 5) is 36.6. The third-order valence-electron chi connectivity index (χ3n) is 5.09. The average molecular weight is 415 g/mol. The molecule has 0 aromatic carbocycles. The number of hydrogen-bond donors (Lipinski definition) is 1. The van der Waals surface area contributed by atoms with Crippen LogP contribution in [0.2, 0.25) is 0 Å². The smallest absolute Gasteiger partial charge is 0.255 e. The first kappa shape index (κ1) is 27.8. The van der Waals surface area contributed by atoms with Crippen molar-refractivity contribution < 1.29 is 14.4 Å². The number of nitrogens with one attached hydrogen (secondary N) is 1. The van der Waals surface area contributed by atoms with Gasteiger partial charge >= 0.3 is 0 Å². The van der Waals surface area contributed by atoms with Gasteiger partial charge in [-0.15, -0.1) is 0 Å². The number of rotatable bonds is 3. The Balaban J connectivity index is 0.00000120. The summed E-state index contributed by atoms with van der Waals surface area (Å²) in [5, 5.41) is 0. The predicted molar refractivity (Wildman–Crippen MR) is 119 cm³/mol. The fourth-order valence-corrected chi connectivity index (χ4v) is 3.70. The van der Waals surface area contributed by atoms with Crippen LogP contribution in [-0.4, -0.2) is 78.1 Å². The molecule has 29 heavy (non-hydrogen) atoms. The molecule has 3 aliphatic heterocycles. The first-order valence-electron chi connectivity index (χ1n) is 11.7. The van der Waals surface area contributed by atoms with Gasteiger partial charge in [0.15, 0.2) is 6.10 Å². The van der Waals surface area contributed by atoms with Gasteiger partial charge in [0, 0.05) is 6.04 Å². The fourth-order valence-electron chi connectivity index (χ4n) is 3.70. The number of piperidine rings is 1. The second kappa shape index (κ2) is 14.7. The molecule has 3 saturated heterocycles. The summed E-state index contributed by atoms with van der Waals surface area (Å²) in [7, 11) is 2.11. The molecule has 3 heterocycles. The van der Waals surface area contributed by atoms with E-state index in [2.05, 4.69) is 31.3 Å². The number of hydrogen-bond acceptors (Lipinski definition) is 5. The maximum absolute atomic E-state index is 12.6. The molecule has 1 N–H and O–H groups in total. The second-order valence-corrected chi connectivity index (χ2v) is 7.42. The van der Waals surface area contributed by atoms with Gasteiger partial charge in [0.25, 0.3) is 5.91 Å². The number of carbonyl (C=O) groups excluding carboxylic acids is 2. The number of piperazine rings is 1. The highest BCUT2D eigenvalue weighted by Gasteiger charge is 2.44. The standard InChI is InChI=1S/C16H28N4O3.3C2H6/c1-11(2)8-13-16(22)20-10-15(21)19(9-14(20)17-23-13)12-4-6-18(3)7-5-12;3*1-2/h11-14,17H,4-10H2,1-3H3;3*1-2H3. The molecule has 2 unspecified atom stereocenters. The monoisotopic (exact) mass is 414 g/mol. The van der Waals surface area contributed by atoms with Gasteiger partial charge in [-0.3, -0.25) is 14.4 Å². The lowest BCUT2D eigenvalue weighted by Crippen LogP contribution is -2.69. The Kier molecular flexibility index (Phi) is 14.1. The molecule has 2 atom stereocenters. The highest BCUT2D eigenvalue weighted by molar-refractivity contribution is 5.89. The predicted octanol–water partition coefficient (Wildman–Crippen LogP) is 3.11. The van der Waals surface area contributed by atoms with E-state index < -0.39 is 6.10 Å². The van der Waals surface area contributed by atoms with Crippen LogP contribution in [0, 0.1) is 5.92 Å². The summed E-state index contributed by atoms with van der Waals surface area (Å²) >= 11 is 0. The van der Waals surface area contributed by atoms with Gasteiger partial charge in [-0.2, -0.15) is 5.48 Å². The minimum absolute atomic E-state index is 0.0566. The normalized spacial score (nSPS) is 25.2. The van der Waals surface area contributed by atoms with Crippen molar-refractivity contribution in [2.75, 3.05) is 33.2 Å². The van der Waals surface area contributed by atoms with Crippen LogP contribution in [0.5, 0.6) is 0 Å². The van der Waals surface area contributed by atoms with Crippen LogP contribution in [0.25, 0.3) is 0 Å². The maximum atomic E-state index is 12.6. The number of carbonyl (C=O) groups is 2. The highest BCUT2D eigenvalue weighted by atomic mass is 16.7. The number of fused-ring (bicyclic) bond motifs is 1. The Hall–Kier alpha value is -1.18. The molecule has 0 radical (unpaired) electrons. The van der Waals surface area contributed by atoms with Crippen molar-refractivity contribution in [3.8, 4) is 0 Å². The maximum Gasteiger partial charge on any atom is 0.255 e. The Morgan fingerprint density at radius 3 is 2.07 bits per heavy atom. The lowest BCUT2D eigenvalue weighted by Gasteiger charge is -2.48. The molecule has 0 bridgehead atoms. The molecule has 0 aliphatic carbocycles. The van der Waals surface area contributed by atoms with Crippen LogP contribution in [0.1, 0.15) is 74.7 Å². The van der Waals surface area contributed by atoms with Gasteiger partial charge in [-0.1, -0.05) is 55.4 Å². The molecule has 0 saturated carbocycles. The summed E-state index contributed by atoms with van der Waals surface area (Å²) in [5.41, 5.74) is 3.01. The van der Waals surface area contributed by atoms with E-state index in [1.807, 2.05) is 46.4 Å². The summed E-state index contributed by atoms with van der Waals surface area (Å²) in [5.74, 6) is 0.383. The van der Waals surface area contributed by atoms with Crippen LogP contribution in [0.4, 0.5) is 0 Å². The summed E-state index contributed by atoms with van der Waals surface area (Å²) in [6.45, 7) is 18.8. The van der Waals surface area contributed by atoms with Crippen molar-refractivity contribution in [2.45, 2.75) is 93.0 Å². The van der Waals surface area contributed by atoms with Crippen LogP contribution < -0.4 is 5.48 Å². The van der Waals surface area contributed by atoms with Crippen molar-refractivity contribution >= 4 is 11.8 Å². The van der Waals surface area contributed by atoms with Crippen molar-refractivity contribution in [2.24, 2.45) is 5.92 Å². The molecule has 0 aromatic heterocycles. The van der Waals surface area contributed by atoms with Gasteiger partial charge in [-0.05, 0) is 45.3 Å². The van der Waals surface area contributed by atoms with Crippen molar-refractivity contribution in [3.05, 3.63) is 0 Å². The Morgan fingerprint density at radius 2 is 1.55 bits per heavy atom. The molecule has 7 heteroatoms. The van der Waals surface area contributed by atoms with Crippen molar-refractivity contribution in [1.82, 2.24) is 20.2 Å². The fraction of sp³-hybridized carbons (Fsp3) is 0.909. The highest BCUT2D eigenvalue weighted by Crippen LogP contribution is 2.24. The Labute approximate surface area is 179 Å². The van der Waals surface area contributed by atoms with E-state index in [0.29, 0.717) is 18.9 Å². The SMILES string of the molecule is CC.CC.CC.CC(C)CC1ONC2CN(C3CCN(C)CC3)C(=O)CN2C1=O. The van der Waals surface area contributed by atoms with Gasteiger partial charge in [0.05, 0.1) is 6.54 Å². The molecule has 3 aliphatic rings. The van der Waals surface area contributed by atoms with E-state index in [1.165, 1.54) is 0 Å². The number of nitrogens with zero attached hydrogens (tertiary/aromatic N) is 3. The van der Waals surface area contributed by atoms with E-state index in [4.69, 9.17) is 4.84 Å². The van der Waals surface area contributed by atoms with Crippen LogP contribution in [0.15, 0.2) is 0 Å². The number of amides is 2. The quantitative estimate of drug-likeness (QED) is 0.769. The zero-order valence-corrected chi connectivity index (χ0v) is 20.3. The average Bonchev–Trinajstić information content (AvgIpc) is 2.75. The molecule has 0 spiro atoms. The number of likely N-dealkylation sites (tertiary alicyclic amines) is 1. The Morgan fingerprint density at radius 1 is 1.00 bits per heavy atom. The van der Waals surface area contributed by atoms with E-state index >= 15 is 0 Å². The van der Waals surface area contributed by atoms with Crippen LogP contribution in [0.3, 0.4) is 0 Å². The molecule has 0 aromatic rings. The minimum atomic E-state index is -0.478. The Bertz CT molecular complexity index is 465. The van der Waals surface area contributed by atoms with E-state index in [1.54, 1.807) is 4.90 Å². The first-order valence-corrected chi connectivity index (χ1v) is 11.7. The van der Waals surface area contributed by atoms with E-state index in [9.17, 15) is 9.59 Å². The second-order valence-electron chi connectivity index (χ2n) is 7.42. The van der Waals surface area contributed by atoms with Crippen LogP contribution in [-0.2, 0) is 14.4 Å². The summed E-state index contributed by atoms with van der Waals surface area (Å²) < 4.78 is 0. The van der Waals surface area contributed by atoms with Gasteiger partial charge in [0.1, 0.15) is 12.7 Å². The van der Waals surface area contributed by atoms with Crippen LogP contribution >= 0.6 is 0 Å². The van der Waals surface area contributed by atoms with Gasteiger partial charge < -0.3 is 14.7 Å². The summed E-state index contributed by atoms with van der Waals surface area (Å²) in [6, 6.07) is 0.283. The van der Waals surface area contributed by atoms with E-state index in [0.717, 1.165) is 25.9 Å². The molecule has 7 nitrogen and oxygen atoms in total. The molecular weight excluding hydrogens is 368 g/mol. The minimum Gasteiger partial charge on any atom is -0.335 e. The molecular formula is C22H46N4O3. The largest absolute Gasteiger partial charge is 0.335 e. The molecule has 3 rings (SSSR count). The van der Waals surface area contributed by atoms with Crippen molar-refractivity contribution in [3.63, 3.8) is 0 Å². The summed E-state index contributed by atoms with van der Waals surface area (Å²) in [6.07, 6.45) is 1.97. The molecule has 2 amide bonds. The van der Waals surface area contributed by atoms with E-state index in [-0.39, 0.29) is 30.6 Å². The zero-order chi connectivity index (χ0) is 22.6. The molecule has 172 valence electrons. The number of hydroxylamine groups is 1. The van der Waals surface area contributed by atoms with Gasteiger partial charge in [-0.25, -0.2) is 0 Å². The topological polar surface area (TPSA) is 65.1 Å². The lowest BCUT2D eigenvalue weighted by molar-refractivity contribution is -0.192. The first-order chi connectivity index (χ1) is 14.0. The zero-order valence-electron chi connectivity index (χ0n) is 20.3. The van der Waals surface area contributed by atoms with Crippen molar-refractivity contribution in [1.29, 1.82) is 0 Å². The third kappa shape index (κ3) is 7.87. The molecule has 3 fully saturated rings. The lowest BCUT2D eigenvalue weighted by atomic mass is 10.0. The third-order valence-corrected chi connectivity index (χ3v) is 5.09. The van der Waals surface area contributed by atoms with Gasteiger partial charge in [0.2, 0.25) is 5.91 Å².